The number of alkyl halides is 2. The van der Waals surface area contributed by atoms with Crippen LogP contribution in [0.1, 0.15) is 5.56 Å². The Labute approximate surface area is 139 Å². The maximum atomic E-state index is 12.4. The predicted molar refractivity (Wildman–Crippen MR) is 84.6 cm³/mol. The summed E-state index contributed by atoms with van der Waals surface area (Å²) in [6, 6.07) is 9.89. The molecule has 0 aliphatic heterocycles. The van der Waals surface area contributed by atoms with E-state index in [1.54, 1.807) is 30.3 Å². The number of anilines is 1. The summed E-state index contributed by atoms with van der Waals surface area (Å²) in [6.45, 7) is -2.64. The molecule has 0 amide bonds. The highest BCUT2D eigenvalue weighted by molar-refractivity contribution is 9.10. The highest BCUT2D eigenvalue weighted by Gasteiger charge is 2.11. The van der Waals surface area contributed by atoms with Crippen LogP contribution in [0.5, 0.6) is 5.75 Å². The Morgan fingerprint density at radius 3 is 2.43 bits per heavy atom. The molecular formula is C14H10BrCl2F2NO. The van der Waals surface area contributed by atoms with Gasteiger partial charge in [-0.2, -0.15) is 8.78 Å². The maximum Gasteiger partial charge on any atom is 0.387 e. The van der Waals surface area contributed by atoms with Crippen molar-refractivity contribution in [3.63, 3.8) is 0 Å². The molecule has 0 bridgehead atoms. The Bertz CT molecular complexity index is 620. The molecule has 21 heavy (non-hydrogen) atoms. The fourth-order valence-corrected chi connectivity index (χ4v) is 2.69. The van der Waals surface area contributed by atoms with E-state index in [-0.39, 0.29) is 12.3 Å². The van der Waals surface area contributed by atoms with Crippen LogP contribution in [0.3, 0.4) is 0 Å². The van der Waals surface area contributed by atoms with E-state index in [1.807, 2.05) is 0 Å². The van der Waals surface area contributed by atoms with Gasteiger partial charge in [-0.15, -0.1) is 0 Å². The van der Waals surface area contributed by atoms with Crippen LogP contribution in [0, 0.1) is 0 Å². The SMILES string of the molecule is FC(F)Oc1ccc(Br)cc1CNc1c(Cl)cccc1Cl. The van der Waals surface area contributed by atoms with E-state index in [1.165, 1.54) is 6.07 Å². The summed E-state index contributed by atoms with van der Waals surface area (Å²) >= 11 is 15.4. The van der Waals surface area contributed by atoms with Crippen molar-refractivity contribution in [2.45, 2.75) is 13.2 Å². The van der Waals surface area contributed by atoms with Crippen LogP contribution in [0.25, 0.3) is 0 Å². The monoisotopic (exact) mass is 395 g/mol. The van der Waals surface area contributed by atoms with E-state index in [0.717, 1.165) is 4.47 Å². The first-order valence-electron chi connectivity index (χ1n) is 5.88. The Morgan fingerprint density at radius 2 is 1.81 bits per heavy atom. The van der Waals surface area contributed by atoms with E-state index in [9.17, 15) is 8.78 Å². The molecule has 0 saturated heterocycles. The zero-order valence-electron chi connectivity index (χ0n) is 10.5. The number of rotatable bonds is 5. The number of hydrogen-bond acceptors (Lipinski definition) is 2. The first kappa shape index (κ1) is 16.3. The first-order valence-corrected chi connectivity index (χ1v) is 7.43. The van der Waals surface area contributed by atoms with Gasteiger partial charge in [-0.05, 0) is 30.3 Å². The van der Waals surface area contributed by atoms with Crippen LogP contribution in [0.4, 0.5) is 14.5 Å². The summed E-state index contributed by atoms with van der Waals surface area (Å²) in [5, 5.41) is 3.93. The van der Waals surface area contributed by atoms with Gasteiger partial charge >= 0.3 is 6.61 Å². The van der Waals surface area contributed by atoms with Gasteiger partial charge in [-0.1, -0.05) is 45.2 Å². The maximum absolute atomic E-state index is 12.4. The molecule has 0 aliphatic rings. The van der Waals surface area contributed by atoms with Gasteiger partial charge in [0.25, 0.3) is 0 Å². The molecular weight excluding hydrogens is 387 g/mol. The Kier molecular flexibility index (Phi) is 5.67. The zero-order chi connectivity index (χ0) is 15.4. The second-order valence-corrected chi connectivity index (χ2v) is 5.81. The third-order valence-corrected chi connectivity index (χ3v) is 3.78. The smallest absolute Gasteiger partial charge is 0.387 e. The number of nitrogens with one attached hydrogen (secondary N) is 1. The highest BCUT2D eigenvalue weighted by Crippen LogP contribution is 2.32. The summed E-state index contributed by atoms with van der Waals surface area (Å²) in [5.74, 6) is 0.101. The van der Waals surface area contributed by atoms with Gasteiger partial charge in [0, 0.05) is 16.6 Å². The lowest BCUT2D eigenvalue weighted by molar-refractivity contribution is -0.0504. The minimum atomic E-state index is -2.88. The van der Waals surface area contributed by atoms with Crippen LogP contribution < -0.4 is 10.1 Å². The lowest BCUT2D eigenvalue weighted by atomic mass is 10.2. The molecule has 2 aromatic rings. The molecule has 2 nitrogen and oxygen atoms in total. The van der Waals surface area contributed by atoms with Crippen molar-refractivity contribution in [3.8, 4) is 5.75 Å². The Balaban J connectivity index is 2.21. The quantitative estimate of drug-likeness (QED) is 0.672. The lowest BCUT2D eigenvalue weighted by Gasteiger charge is -2.14. The molecule has 0 atom stereocenters. The van der Waals surface area contributed by atoms with Crippen molar-refractivity contribution in [2.75, 3.05) is 5.32 Å². The van der Waals surface area contributed by atoms with Crippen molar-refractivity contribution < 1.29 is 13.5 Å². The van der Waals surface area contributed by atoms with Crippen molar-refractivity contribution >= 4 is 44.8 Å². The minimum absolute atomic E-state index is 0.101. The molecule has 0 heterocycles. The van der Waals surface area contributed by atoms with Crippen LogP contribution in [-0.4, -0.2) is 6.61 Å². The number of benzene rings is 2. The lowest BCUT2D eigenvalue weighted by Crippen LogP contribution is -2.07. The van der Waals surface area contributed by atoms with Gasteiger partial charge < -0.3 is 10.1 Å². The van der Waals surface area contributed by atoms with Crippen LogP contribution >= 0.6 is 39.1 Å². The van der Waals surface area contributed by atoms with Crippen molar-refractivity contribution in [2.24, 2.45) is 0 Å². The van der Waals surface area contributed by atoms with Crippen molar-refractivity contribution in [1.82, 2.24) is 0 Å². The highest BCUT2D eigenvalue weighted by atomic mass is 79.9. The molecule has 0 radical (unpaired) electrons. The van der Waals surface area contributed by atoms with E-state index in [4.69, 9.17) is 23.2 Å². The molecule has 0 saturated carbocycles. The number of ether oxygens (including phenoxy) is 1. The largest absolute Gasteiger partial charge is 0.434 e. The molecule has 2 rings (SSSR count). The van der Waals surface area contributed by atoms with Crippen LogP contribution in [0.15, 0.2) is 40.9 Å². The molecule has 0 aromatic heterocycles. The topological polar surface area (TPSA) is 21.3 Å². The minimum Gasteiger partial charge on any atom is -0.434 e. The Morgan fingerprint density at radius 1 is 1.14 bits per heavy atom. The molecule has 0 unspecified atom stereocenters. The normalized spacial score (nSPS) is 10.8. The van der Waals surface area contributed by atoms with Gasteiger partial charge in [-0.3, -0.25) is 0 Å². The van der Waals surface area contributed by atoms with Crippen molar-refractivity contribution in [1.29, 1.82) is 0 Å². The fourth-order valence-electron chi connectivity index (χ4n) is 1.75. The van der Waals surface area contributed by atoms with E-state index < -0.39 is 6.61 Å². The van der Waals surface area contributed by atoms with Gasteiger partial charge in [0.15, 0.2) is 0 Å². The van der Waals surface area contributed by atoms with Gasteiger partial charge in [0.2, 0.25) is 0 Å². The Hall–Kier alpha value is -1.04. The van der Waals surface area contributed by atoms with Gasteiger partial charge in [0.1, 0.15) is 5.75 Å². The molecule has 0 aliphatic carbocycles. The summed E-state index contributed by atoms with van der Waals surface area (Å²) < 4.78 is 30.0. The standard InChI is InChI=1S/C14H10BrCl2F2NO/c15-9-4-5-12(21-14(18)19)8(6-9)7-20-13-10(16)2-1-3-11(13)17/h1-6,14,20H,7H2. The average Bonchev–Trinajstić information content (AvgIpc) is 2.40. The van der Waals surface area contributed by atoms with E-state index >= 15 is 0 Å². The average molecular weight is 397 g/mol. The van der Waals surface area contributed by atoms with Crippen LogP contribution in [-0.2, 0) is 6.54 Å². The molecule has 0 spiro atoms. The van der Waals surface area contributed by atoms with Crippen molar-refractivity contribution in [3.05, 3.63) is 56.5 Å². The zero-order valence-corrected chi connectivity index (χ0v) is 13.6. The summed E-state index contributed by atoms with van der Waals surface area (Å²) in [4.78, 5) is 0. The third kappa shape index (κ3) is 4.46. The van der Waals surface area contributed by atoms with E-state index in [0.29, 0.717) is 21.3 Å². The fraction of sp³-hybridized carbons (Fsp3) is 0.143. The summed E-state index contributed by atoms with van der Waals surface area (Å²) in [5.41, 5.74) is 1.10. The molecule has 112 valence electrons. The number of para-hydroxylation sites is 1. The first-order chi connectivity index (χ1) is 9.97. The summed E-state index contributed by atoms with van der Waals surface area (Å²) in [6.07, 6.45) is 0. The summed E-state index contributed by atoms with van der Waals surface area (Å²) in [7, 11) is 0. The molecule has 2 aromatic carbocycles. The molecule has 1 N–H and O–H groups in total. The van der Waals surface area contributed by atoms with Crippen LogP contribution in [0.2, 0.25) is 10.0 Å². The number of halogens is 5. The van der Waals surface area contributed by atoms with Gasteiger partial charge in [-0.25, -0.2) is 0 Å². The van der Waals surface area contributed by atoms with E-state index in [2.05, 4.69) is 26.0 Å². The molecule has 0 fully saturated rings. The molecule has 7 heteroatoms. The second kappa shape index (κ2) is 7.29. The number of hydrogen-bond donors (Lipinski definition) is 1. The van der Waals surface area contributed by atoms with Gasteiger partial charge in [0.05, 0.1) is 15.7 Å². The predicted octanol–water partition coefficient (Wildman–Crippen LogP) is 5.97. The third-order valence-electron chi connectivity index (χ3n) is 2.66. The second-order valence-electron chi connectivity index (χ2n) is 4.08.